The first-order chi connectivity index (χ1) is 10.3. The molecule has 0 unspecified atom stereocenters. The fourth-order valence-electron chi connectivity index (χ4n) is 1.41. The average Bonchev–Trinajstić information content (AvgIpc) is 2.46. The number of carbonyl (C=O) groups excluding carboxylic acids is 1. The van der Waals surface area contributed by atoms with Crippen LogP contribution in [0.15, 0.2) is 36.7 Å². The molecule has 0 aliphatic heterocycles. The molecule has 22 heavy (non-hydrogen) atoms. The number of aromatic nitrogens is 2. The number of halogens is 4. The Morgan fingerprint density at radius 2 is 1.95 bits per heavy atom. The minimum Gasteiger partial charge on any atom is -0.468 e. The highest BCUT2D eigenvalue weighted by Crippen LogP contribution is 2.18. The molecular formula is C13H9ClF3N3O2. The minimum absolute atomic E-state index is 0.191. The van der Waals surface area contributed by atoms with Crippen molar-refractivity contribution in [3.8, 4) is 5.88 Å². The van der Waals surface area contributed by atoms with E-state index in [1.807, 2.05) is 0 Å². The van der Waals surface area contributed by atoms with Gasteiger partial charge in [-0.15, -0.1) is 0 Å². The van der Waals surface area contributed by atoms with Crippen molar-refractivity contribution < 1.29 is 22.7 Å². The van der Waals surface area contributed by atoms with E-state index in [1.54, 1.807) is 0 Å². The van der Waals surface area contributed by atoms with Crippen LogP contribution in [-0.4, -0.2) is 28.7 Å². The zero-order valence-electron chi connectivity index (χ0n) is 10.9. The number of rotatable bonds is 4. The van der Waals surface area contributed by atoms with E-state index < -0.39 is 18.7 Å². The summed E-state index contributed by atoms with van der Waals surface area (Å²) in [4.78, 5) is 19.3. The highest BCUT2D eigenvalue weighted by atomic mass is 35.5. The monoisotopic (exact) mass is 331 g/mol. The van der Waals surface area contributed by atoms with Crippen LogP contribution >= 0.6 is 11.6 Å². The van der Waals surface area contributed by atoms with Gasteiger partial charge in [-0.2, -0.15) is 13.2 Å². The molecule has 0 fully saturated rings. The maximum absolute atomic E-state index is 12.0. The number of carbonyl (C=O) groups is 1. The highest BCUT2D eigenvalue weighted by molar-refractivity contribution is 6.29. The SMILES string of the molecule is O=C(Nc1ccc(OCC(F)(F)F)nc1)c1ccc(Cl)nc1. The van der Waals surface area contributed by atoms with E-state index in [4.69, 9.17) is 11.6 Å². The molecule has 5 nitrogen and oxygen atoms in total. The Morgan fingerprint density at radius 3 is 2.50 bits per heavy atom. The quantitative estimate of drug-likeness (QED) is 0.873. The summed E-state index contributed by atoms with van der Waals surface area (Å²) in [5.74, 6) is -0.640. The molecule has 2 heterocycles. The number of amides is 1. The number of nitrogens with zero attached hydrogens (tertiary/aromatic N) is 2. The third kappa shape index (κ3) is 4.88. The molecule has 2 aromatic rings. The lowest BCUT2D eigenvalue weighted by Crippen LogP contribution is -2.19. The zero-order chi connectivity index (χ0) is 16.2. The van der Waals surface area contributed by atoms with Gasteiger partial charge in [0.1, 0.15) is 5.15 Å². The molecule has 0 bridgehead atoms. The summed E-state index contributed by atoms with van der Waals surface area (Å²) < 4.78 is 40.4. The van der Waals surface area contributed by atoms with Crippen LogP contribution in [0.25, 0.3) is 0 Å². The van der Waals surface area contributed by atoms with Crippen LogP contribution < -0.4 is 10.1 Å². The first kappa shape index (κ1) is 16.0. The average molecular weight is 332 g/mol. The van der Waals surface area contributed by atoms with Crippen LogP contribution in [0.5, 0.6) is 5.88 Å². The second kappa shape index (κ2) is 6.61. The second-order valence-corrected chi connectivity index (χ2v) is 4.50. The molecule has 0 aromatic carbocycles. The Hall–Kier alpha value is -2.35. The van der Waals surface area contributed by atoms with Gasteiger partial charge >= 0.3 is 6.18 Å². The molecule has 2 aromatic heterocycles. The fourth-order valence-corrected chi connectivity index (χ4v) is 1.52. The van der Waals surface area contributed by atoms with Gasteiger partial charge in [0, 0.05) is 12.3 Å². The number of ether oxygens (including phenoxy) is 1. The molecule has 0 saturated heterocycles. The maximum atomic E-state index is 12.0. The third-order valence-electron chi connectivity index (χ3n) is 2.37. The molecule has 0 saturated carbocycles. The molecule has 116 valence electrons. The van der Waals surface area contributed by atoms with Gasteiger partial charge in [-0.3, -0.25) is 4.79 Å². The Balaban J connectivity index is 1.96. The van der Waals surface area contributed by atoms with Crippen LogP contribution in [0.2, 0.25) is 5.15 Å². The van der Waals surface area contributed by atoms with E-state index >= 15 is 0 Å². The van der Waals surface area contributed by atoms with Gasteiger partial charge in [0.05, 0.1) is 17.4 Å². The van der Waals surface area contributed by atoms with Gasteiger partial charge in [-0.1, -0.05) is 11.6 Å². The Kier molecular flexibility index (Phi) is 4.81. The number of nitrogens with one attached hydrogen (secondary N) is 1. The molecule has 0 aliphatic carbocycles. The molecule has 9 heteroatoms. The van der Waals surface area contributed by atoms with Gasteiger partial charge in [0.25, 0.3) is 5.91 Å². The summed E-state index contributed by atoms with van der Waals surface area (Å²) in [5, 5.41) is 2.77. The van der Waals surface area contributed by atoms with Crippen molar-refractivity contribution in [1.29, 1.82) is 0 Å². The van der Waals surface area contributed by atoms with Crippen LogP contribution in [0.1, 0.15) is 10.4 Å². The summed E-state index contributed by atoms with van der Waals surface area (Å²) in [6, 6.07) is 5.54. The van der Waals surface area contributed by atoms with Crippen molar-refractivity contribution in [1.82, 2.24) is 9.97 Å². The maximum Gasteiger partial charge on any atom is 0.422 e. The van der Waals surface area contributed by atoms with E-state index in [2.05, 4.69) is 20.0 Å². The van der Waals surface area contributed by atoms with Gasteiger partial charge in [-0.25, -0.2) is 9.97 Å². The second-order valence-electron chi connectivity index (χ2n) is 4.11. The predicted octanol–water partition coefficient (Wildman–Crippen LogP) is 3.32. The molecule has 2 rings (SSSR count). The van der Waals surface area contributed by atoms with Crippen molar-refractivity contribution in [2.24, 2.45) is 0 Å². The lowest BCUT2D eigenvalue weighted by Gasteiger charge is -2.09. The largest absolute Gasteiger partial charge is 0.468 e. The summed E-state index contributed by atoms with van der Waals surface area (Å²) in [5.41, 5.74) is 0.584. The lowest BCUT2D eigenvalue weighted by atomic mass is 10.2. The molecule has 1 N–H and O–H groups in total. The van der Waals surface area contributed by atoms with E-state index in [1.165, 1.54) is 36.7 Å². The standard InChI is InChI=1S/C13H9ClF3N3O2/c14-10-3-1-8(5-18-10)12(21)20-9-2-4-11(19-6-9)22-7-13(15,16)17/h1-6H,7H2,(H,20,21). The van der Waals surface area contributed by atoms with Crippen LogP contribution in [0, 0.1) is 0 Å². The van der Waals surface area contributed by atoms with Crippen molar-refractivity contribution in [3.63, 3.8) is 0 Å². The minimum atomic E-state index is -4.43. The molecule has 0 atom stereocenters. The summed E-state index contributed by atoms with van der Waals surface area (Å²) in [6.45, 7) is -1.43. The lowest BCUT2D eigenvalue weighted by molar-refractivity contribution is -0.154. The number of pyridine rings is 2. The molecule has 0 radical (unpaired) electrons. The van der Waals surface area contributed by atoms with E-state index in [-0.39, 0.29) is 16.6 Å². The van der Waals surface area contributed by atoms with Crippen LogP contribution in [0.3, 0.4) is 0 Å². The first-order valence-electron chi connectivity index (χ1n) is 5.92. The number of alkyl halides is 3. The van der Waals surface area contributed by atoms with Crippen molar-refractivity contribution in [3.05, 3.63) is 47.4 Å². The van der Waals surface area contributed by atoms with Gasteiger partial charge < -0.3 is 10.1 Å². The fraction of sp³-hybridized carbons (Fsp3) is 0.154. The van der Waals surface area contributed by atoms with Gasteiger partial charge in [0.2, 0.25) is 5.88 Å². The van der Waals surface area contributed by atoms with E-state index in [0.717, 1.165) is 0 Å². The van der Waals surface area contributed by atoms with Crippen LogP contribution in [0.4, 0.5) is 18.9 Å². The molecular weight excluding hydrogens is 323 g/mol. The van der Waals surface area contributed by atoms with Crippen molar-refractivity contribution in [2.45, 2.75) is 6.18 Å². The Morgan fingerprint density at radius 1 is 1.18 bits per heavy atom. The topological polar surface area (TPSA) is 64.1 Å². The van der Waals surface area contributed by atoms with E-state index in [9.17, 15) is 18.0 Å². The van der Waals surface area contributed by atoms with Crippen LogP contribution in [-0.2, 0) is 0 Å². The summed E-state index contributed by atoms with van der Waals surface area (Å²) >= 11 is 5.61. The first-order valence-corrected chi connectivity index (χ1v) is 6.30. The third-order valence-corrected chi connectivity index (χ3v) is 2.59. The molecule has 1 amide bonds. The number of anilines is 1. The zero-order valence-corrected chi connectivity index (χ0v) is 11.6. The summed E-state index contributed by atoms with van der Waals surface area (Å²) in [6.07, 6.45) is -1.95. The highest BCUT2D eigenvalue weighted by Gasteiger charge is 2.28. The van der Waals surface area contributed by atoms with E-state index in [0.29, 0.717) is 5.69 Å². The molecule has 0 aliphatic rings. The van der Waals surface area contributed by atoms with Gasteiger partial charge in [0.15, 0.2) is 6.61 Å². The number of hydrogen-bond donors (Lipinski definition) is 1. The summed E-state index contributed by atoms with van der Waals surface area (Å²) in [7, 11) is 0. The van der Waals surface area contributed by atoms with Gasteiger partial charge in [-0.05, 0) is 18.2 Å². The predicted molar refractivity (Wildman–Crippen MR) is 73.0 cm³/mol. The number of hydrogen-bond acceptors (Lipinski definition) is 4. The van der Waals surface area contributed by atoms with Crippen molar-refractivity contribution in [2.75, 3.05) is 11.9 Å². The van der Waals surface area contributed by atoms with Crippen molar-refractivity contribution >= 4 is 23.2 Å². The Bertz CT molecular complexity index is 645. The Labute approximate surface area is 128 Å². The smallest absolute Gasteiger partial charge is 0.422 e. The normalized spacial score (nSPS) is 11.1. The molecule has 0 spiro atoms.